The number of benzene rings is 1. The zero-order valence-electron chi connectivity index (χ0n) is 20.9. The predicted molar refractivity (Wildman–Crippen MR) is 136 cm³/mol. The Balaban J connectivity index is 1.83. The van der Waals surface area contributed by atoms with Crippen molar-refractivity contribution in [2.75, 3.05) is 23.7 Å². The van der Waals surface area contributed by atoms with Gasteiger partial charge in [-0.25, -0.2) is 9.97 Å². The number of nitrogens with two attached hydrogens (primary N) is 1. The molecule has 2 heterocycles. The van der Waals surface area contributed by atoms with Gasteiger partial charge >= 0.3 is 0 Å². The molecule has 1 aromatic carbocycles. The second-order valence-corrected chi connectivity index (χ2v) is 10.3. The summed E-state index contributed by atoms with van der Waals surface area (Å²) in [5.41, 5.74) is 12.3. The van der Waals surface area contributed by atoms with Crippen molar-refractivity contribution < 1.29 is 0 Å². The van der Waals surface area contributed by atoms with Crippen molar-refractivity contribution in [1.29, 1.82) is 5.26 Å². The fourth-order valence-corrected chi connectivity index (χ4v) is 5.96. The lowest BCUT2D eigenvalue weighted by Crippen LogP contribution is -2.34. The van der Waals surface area contributed by atoms with E-state index in [1.807, 2.05) is 6.07 Å². The molecule has 5 nitrogen and oxygen atoms in total. The molecule has 2 N–H and O–H groups in total. The molecular formula is C28H39N5. The van der Waals surface area contributed by atoms with E-state index in [1.54, 1.807) is 0 Å². The molecule has 2 aliphatic rings. The van der Waals surface area contributed by atoms with E-state index in [0.29, 0.717) is 17.2 Å². The minimum atomic E-state index is -0.165. The van der Waals surface area contributed by atoms with E-state index < -0.39 is 0 Å². The SMILES string of the molecule is CCc1nc(CC2(C)CCC(C)c3ccc(N)c(C#N)c32)c(CC)c(N2CCCCCC2)n1. The fourth-order valence-electron chi connectivity index (χ4n) is 5.96. The monoisotopic (exact) mass is 445 g/mol. The van der Waals surface area contributed by atoms with Crippen molar-refractivity contribution in [2.24, 2.45) is 0 Å². The molecule has 1 aliphatic heterocycles. The highest BCUT2D eigenvalue weighted by Gasteiger charge is 2.39. The van der Waals surface area contributed by atoms with E-state index in [9.17, 15) is 5.26 Å². The van der Waals surface area contributed by atoms with Crippen LogP contribution in [0.5, 0.6) is 0 Å². The number of aryl methyl sites for hydroxylation is 1. The van der Waals surface area contributed by atoms with Crippen LogP contribution in [0.15, 0.2) is 12.1 Å². The Kier molecular flexibility index (Phi) is 6.93. The van der Waals surface area contributed by atoms with Crippen LogP contribution in [-0.4, -0.2) is 23.1 Å². The van der Waals surface area contributed by atoms with Crippen LogP contribution in [-0.2, 0) is 24.7 Å². The first-order chi connectivity index (χ1) is 15.9. The van der Waals surface area contributed by atoms with E-state index in [4.69, 9.17) is 15.7 Å². The average Bonchev–Trinajstić information content (AvgIpc) is 3.10. The molecule has 33 heavy (non-hydrogen) atoms. The van der Waals surface area contributed by atoms with Crippen molar-refractivity contribution in [2.45, 2.75) is 96.8 Å². The van der Waals surface area contributed by atoms with Gasteiger partial charge in [-0.2, -0.15) is 5.26 Å². The van der Waals surface area contributed by atoms with Gasteiger partial charge in [-0.15, -0.1) is 0 Å². The van der Waals surface area contributed by atoms with Gasteiger partial charge in [0.1, 0.15) is 17.7 Å². The van der Waals surface area contributed by atoms with Crippen molar-refractivity contribution in [3.8, 4) is 6.07 Å². The summed E-state index contributed by atoms with van der Waals surface area (Å²) >= 11 is 0. The first kappa shape index (κ1) is 23.5. The van der Waals surface area contributed by atoms with Gasteiger partial charge in [0.2, 0.25) is 0 Å². The third kappa shape index (κ3) is 4.45. The molecule has 176 valence electrons. The third-order valence-corrected chi connectivity index (χ3v) is 7.90. The Labute approximate surface area is 199 Å². The third-order valence-electron chi connectivity index (χ3n) is 7.90. The van der Waals surface area contributed by atoms with E-state index in [1.165, 1.54) is 36.8 Å². The fraction of sp³-hybridized carbons (Fsp3) is 0.607. The number of nitriles is 1. The molecule has 0 bridgehead atoms. The number of fused-ring (bicyclic) bond motifs is 1. The minimum absolute atomic E-state index is 0.165. The summed E-state index contributed by atoms with van der Waals surface area (Å²) in [5, 5.41) is 10.0. The van der Waals surface area contributed by atoms with E-state index in [0.717, 1.165) is 68.1 Å². The van der Waals surface area contributed by atoms with Gasteiger partial charge in [0.15, 0.2) is 0 Å². The molecule has 0 amide bonds. The van der Waals surface area contributed by atoms with Gasteiger partial charge in [-0.1, -0.05) is 46.6 Å². The van der Waals surface area contributed by atoms with Crippen LogP contribution in [0.1, 0.15) is 106 Å². The van der Waals surface area contributed by atoms with E-state index in [-0.39, 0.29) is 5.41 Å². The molecule has 1 saturated heterocycles. The molecule has 2 unspecified atom stereocenters. The Morgan fingerprint density at radius 2 is 1.85 bits per heavy atom. The number of hydrogen-bond donors (Lipinski definition) is 1. The average molecular weight is 446 g/mol. The second kappa shape index (κ2) is 9.71. The summed E-state index contributed by atoms with van der Waals surface area (Å²) in [6.45, 7) is 11.1. The predicted octanol–water partition coefficient (Wildman–Crippen LogP) is 5.83. The summed E-state index contributed by atoms with van der Waals surface area (Å²) in [5.74, 6) is 2.53. The molecule has 4 rings (SSSR count). The van der Waals surface area contributed by atoms with Gasteiger partial charge < -0.3 is 10.6 Å². The Morgan fingerprint density at radius 3 is 2.48 bits per heavy atom. The van der Waals surface area contributed by atoms with Gasteiger partial charge in [0.05, 0.1) is 11.3 Å². The maximum atomic E-state index is 10.0. The lowest BCUT2D eigenvalue weighted by atomic mass is 9.64. The molecule has 0 spiro atoms. The normalized spacial score (nSPS) is 23.0. The van der Waals surface area contributed by atoms with Crippen LogP contribution in [0.2, 0.25) is 0 Å². The standard InChI is InChI=1S/C28H39N5/c1-5-20-24(31-25(6-2)32-27(20)33-15-9-7-8-10-16-33)17-28(4)14-13-19(3)21-11-12-23(30)22(18-29)26(21)28/h11-12,19H,5-10,13-17,30H2,1-4H3. The molecule has 1 aliphatic carbocycles. The molecule has 1 fully saturated rings. The highest BCUT2D eigenvalue weighted by molar-refractivity contribution is 5.64. The first-order valence-corrected chi connectivity index (χ1v) is 12.9. The Morgan fingerprint density at radius 1 is 1.12 bits per heavy atom. The molecular weight excluding hydrogens is 406 g/mol. The molecule has 2 aromatic rings. The lowest BCUT2D eigenvalue weighted by Gasteiger charge is -2.40. The zero-order chi connectivity index (χ0) is 23.6. The topological polar surface area (TPSA) is 78.8 Å². The molecule has 5 heteroatoms. The molecule has 0 radical (unpaired) electrons. The summed E-state index contributed by atoms with van der Waals surface area (Å²) in [7, 11) is 0. The van der Waals surface area contributed by atoms with Gasteiger partial charge in [0, 0.05) is 30.8 Å². The van der Waals surface area contributed by atoms with Gasteiger partial charge in [-0.05, 0) is 67.1 Å². The summed E-state index contributed by atoms with van der Waals surface area (Å²) in [4.78, 5) is 12.7. The number of nitrogens with zero attached hydrogens (tertiary/aromatic N) is 4. The van der Waals surface area contributed by atoms with Crippen molar-refractivity contribution in [3.63, 3.8) is 0 Å². The van der Waals surface area contributed by atoms with Crippen LogP contribution < -0.4 is 10.6 Å². The number of anilines is 2. The summed E-state index contributed by atoms with van der Waals surface area (Å²) in [6.07, 6.45) is 9.81. The van der Waals surface area contributed by atoms with Crippen LogP contribution >= 0.6 is 0 Å². The second-order valence-electron chi connectivity index (χ2n) is 10.3. The summed E-state index contributed by atoms with van der Waals surface area (Å²) < 4.78 is 0. The largest absolute Gasteiger partial charge is 0.398 e. The maximum Gasteiger partial charge on any atom is 0.135 e. The van der Waals surface area contributed by atoms with E-state index >= 15 is 0 Å². The number of hydrogen-bond acceptors (Lipinski definition) is 5. The lowest BCUT2D eigenvalue weighted by molar-refractivity contribution is 0.363. The maximum absolute atomic E-state index is 10.0. The molecule has 2 atom stereocenters. The van der Waals surface area contributed by atoms with Crippen LogP contribution in [0, 0.1) is 11.3 Å². The van der Waals surface area contributed by atoms with Crippen molar-refractivity contribution in [1.82, 2.24) is 9.97 Å². The number of nitrogen functional groups attached to an aromatic ring is 1. The highest BCUT2D eigenvalue weighted by Crippen LogP contribution is 2.47. The van der Waals surface area contributed by atoms with E-state index in [2.05, 4.69) is 44.7 Å². The first-order valence-electron chi connectivity index (χ1n) is 12.9. The minimum Gasteiger partial charge on any atom is -0.398 e. The number of rotatable bonds is 5. The molecule has 1 aromatic heterocycles. The quantitative estimate of drug-likeness (QED) is 0.586. The van der Waals surface area contributed by atoms with Crippen molar-refractivity contribution in [3.05, 3.63) is 45.9 Å². The number of aromatic nitrogens is 2. The highest BCUT2D eigenvalue weighted by atomic mass is 15.2. The summed E-state index contributed by atoms with van der Waals surface area (Å²) in [6, 6.07) is 6.50. The van der Waals surface area contributed by atoms with Gasteiger partial charge in [0.25, 0.3) is 0 Å². The Bertz CT molecular complexity index is 1050. The van der Waals surface area contributed by atoms with Crippen LogP contribution in [0.25, 0.3) is 0 Å². The van der Waals surface area contributed by atoms with Crippen LogP contribution in [0.4, 0.5) is 11.5 Å². The van der Waals surface area contributed by atoms with Crippen LogP contribution in [0.3, 0.4) is 0 Å². The smallest absolute Gasteiger partial charge is 0.135 e. The molecule has 0 saturated carbocycles. The Hall–Kier alpha value is -2.61. The van der Waals surface area contributed by atoms with Crippen molar-refractivity contribution >= 4 is 11.5 Å². The zero-order valence-corrected chi connectivity index (χ0v) is 20.9. The van der Waals surface area contributed by atoms with Gasteiger partial charge in [-0.3, -0.25) is 0 Å².